The molecular formula is C17H33NO2. The second-order valence-electron chi connectivity index (χ2n) is 8.37. The number of likely N-dealkylation sites (tertiary alicyclic amines) is 1. The molecule has 2 fully saturated rings. The van der Waals surface area contributed by atoms with Gasteiger partial charge in [0.2, 0.25) is 0 Å². The molecule has 0 aliphatic carbocycles. The highest BCUT2D eigenvalue weighted by Crippen LogP contribution is 2.43. The predicted octanol–water partition coefficient (Wildman–Crippen LogP) is 2.92. The lowest BCUT2D eigenvalue weighted by molar-refractivity contribution is -0.0920. The molecule has 2 saturated heterocycles. The van der Waals surface area contributed by atoms with Crippen LogP contribution in [0.1, 0.15) is 54.9 Å². The summed E-state index contributed by atoms with van der Waals surface area (Å²) >= 11 is 0. The molecule has 0 radical (unpaired) electrons. The first-order valence-electron chi connectivity index (χ1n) is 8.17. The van der Waals surface area contributed by atoms with Gasteiger partial charge in [0.15, 0.2) is 0 Å². The Morgan fingerprint density at radius 1 is 1.10 bits per heavy atom. The first-order valence-corrected chi connectivity index (χ1v) is 8.17. The van der Waals surface area contributed by atoms with Crippen LogP contribution in [0.5, 0.6) is 0 Å². The topological polar surface area (TPSA) is 32.7 Å². The highest BCUT2D eigenvalue weighted by atomic mass is 16.5. The lowest BCUT2D eigenvalue weighted by Gasteiger charge is -2.44. The summed E-state index contributed by atoms with van der Waals surface area (Å²) in [6.07, 6.45) is 0.924. The molecule has 5 unspecified atom stereocenters. The third kappa shape index (κ3) is 2.90. The number of nitrogens with zero attached hydrogens (tertiary/aromatic N) is 1. The van der Waals surface area contributed by atoms with E-state index < -0.39 is 11.7 Å². The molecule has 3 nitrogen and oxygen atoms in total. The van der Waals surface area contributed by atoms with E-state index in [0.29, 0.717) is 6.04 Å². The maximum atomic E-state index is 10.6. The van der Waals surface area contributed by atoms with Gasteiger partial charge in [0.25, 0.3) is 0 Å². The summed E-state index contributed by atoms with van der Waals surface area (Å²) < 4.78 is 6.11. The Labute approximate surface area is 124 Å². The van der Waals surface area contributed by atoms with Crippen LogP contribution < -0.4 is 0 Å². The number of aliphatic hydroxyl groups is 1. The molecule has 118 valence electrons. The maximum absolute atomic E-state index is 10.6. The third-order valence-electron chi connectivity index (χ3n) is 5.66. The first-order chi connectivity index (χ1) is 9.04. The van der Waals surface area contributed by atoms with Crippen LogP contribution in [0.15, 0.2) is 0 Å². The van der Waals surface area contributed by atoms with Crippen molar-refractivity contribution in [2.75, 3.05) is 13.1 Å². The second-order valence-corrected chi connectivity index (χ2v) is 8.37. The molecule has 1 N–H and O–H groups in total. The van der Waals surface area contributed by atoms with E-state index in [1.165, 1.54) is 6.42 Å². The summed E-state index contributed by atoms with van der Waals surface area (Å²) in [6.45, 7) is 17.4. The molecule has 2 heterocycles. The molecular weight excluding hydrogens is 250 g/mol. The fourth-order valence-corrected chi connectivity index (χ4v) is 4.32. The van der Waals surface area contributed by atoms with Gasteiger partial charge in [0.1, 0.15) is 0 Å². The van der Waals surface area contributed by atoms with E-state index in [2.05, 4.69) is 39.5 Å². The van der Waals surface area contributed by atoms with Crippen LogP contribution in [-0.4, -0.2) is 46.4 Å². The van der Waals surface area contributed by atoms with Gasteiger partial charge in [0, 0.05) is 25.0 Å². The summed E-state index contributed by atoms with van der Waals surface area (Å²) in [5, 5.41) is 10.6. The Kier molecular flexibility index (Phi) is 4.27. The normalized spacial score (nSPS) is 44.7. The molecule has 2 aliphatic heterocycles. The van der Waals surface area contributed by atoms with Crippen LogP contribution >= 0.6 is 0 Å². The Hall–Kier alpha value is -0.120. The zero-order valence-corrected chi connectivity index (χ0v) is 14.3. The zero-order valence-electron chi connectivity index (χ0n) is 14.3. The first kappa shape index (κ1) is 16.3. The van der Waals surface area contributed by atoms with Crippen molar-refractivity contribution in [1.29, 1.82) is 0 Å². The molecule has 2 aliphatic rings. The van der Waals surface area contributed by atoms with E-state index >= 15 is 0 Å². The molecule has 0 spiro atoms. The van der Waals surface area contributed by atoms with Crippen molar-refractivity contribution in [3.63, 3.8) is 0 Å². The van der Waals surface area contributed by atoms with Gasteiger partial charge in [-0.25, -0.2) is 0 Å². The van der Waals surface area contributed by atoms with Gasteiger partial charge in [-0.3, -0.25) is 4.90 Å². The van der Waals surface area contributed by atoms with Crippen molar-refractivity contribution in [1.82, 2.24) is 4.90 Å². The average molecular weight is 283 g/mol. The van der Waals surface area contributed by atoms with Crippen molar-refractivity contribution < 1.29 is 9.84 Å². The summed E-state index contributed by atoms with van der Waals surface area (Å²) in [5.41, 5.74) is -0.697. The van der Waals surface area contributed by atoms with Crippen molar-refractivity contribution in [3.8, 4) is 0 Å². The minimum atomic E-state index is -0.440. The lowest BCUT2D eigenvalue weighted by atomic mass is 9.81. The van der Waals surface area contributed by atoms with Gasteiger partial charge in [-0.05, 0) is 52.9 Å². The maximum Gasteiger partial charge on any atom is 0.0896 e. The van der Waals surface area contributed by atoms with Crippen molar-refractivity contribution >= 4 is 0 Å². The highest BCUT2D eigenvalue weighted by molar-refractivity contribution is 5.03. The summed E-state index contributed by atoms with van der Waals surface area (Å²) in [7, 11) is 0. The fourth-order valence-electron chi connectivity index (χ4n) is 4.32. The summed E-state index contributed by atoms with van der Waals surface area (Å²) in [6, 6.07) is 0.595. The SMILES string of the molecule is CC1CC(C)C(C)N(CC2C(O)C(C)(C)OC2(C)C)C1. The fraction of sp³-hybridized carbons (Fsp3) is 1.00. The van der Waals surface area contributed by atoms with Gasteiger partial charge in [0.05, 0.1) is 17.3 Å². The molecule has 0 amide bonds. The quantitative estimate of drug-likeness (QED) is 0.846. The molecule has 2 rings (SSSR count). The van der Waals surface area contributed by atoms with Gasteiger partial charge < -0.3 is 9.84 Å². The van der Waals surface area contributed by atoms with Gasteiger partial charge in [-0.15, -0.1) is 0 Å². The monoisotopic (exact) mass is 283 g/mol. The summed E-state index contributed by atoms with van der Waals surface area (Å²) in [5.74, 6) is 1.66. The minimum absolute atomic E-state index is 0.178. The average Bonchev–Trinajstić information content (AvgIpc) is 2.43. The number of piperidine rings is 1. The number of ether oxygens (including phenoxy) is 1. The van der Waals surface area contributed by atoms with Crippen LogP contribution in [0.2, 0.25) is 0 Å². The third-order valence-corrected chi connectivity index (χ3v) is 5.66. The Morgan fingerprint density at radius 2 is 1.70 bits per heavy atom. The zero-order chi connectivity index (χ0) is 15.3. The van der Waals surface area contributed by atoms with Crippen LogP contribution in [0.4, 0.5) is 0 Å². The molecule has 20 heavy (non-hydrogen) atoms. The van der Waals surface area contributed by atoms with E-state index in [4.69, 9.17) is 4.74 Å². The molecule has 5 atom stereocenters. The molecule has 0 aromatic rings. The molecule has 0 aromatic carbocycles. The van der Waals surface area contributed by atoms with E-state index in [-0.39, 0.29) is 11.5 Å². The molecule has 0 bridgehead atoms. The molecule has 3 heteroatoms. The van der Waals surface area contributed by atoms with Gasteiger partial charge >= 0.3 is 0 Å². The Bertz CT molecular complexity index is 353. The largest absolute Gasteiger partial charge is 0.390 e. The smallest absolute Gasteiger partial charge is 0.0896 e. The van der Waals surface area contributed by atoms with E-state index in [0.717, 1.165) is 24.9 Å². The van der Waals surface area contributed by atoms with E-state index in [1.807, 2.05) is 13.8 Å². The number of aliphatic hydroxyl groups excluding tert-OH is 1. The van der Waals surface area contributed by atoms with Crippen LogP contribution in [0, 0.1) is 17.8 Å². The van der Waals surface area contributed by atoms with Crippen LogP contribution in [-0.2, 0) is 4.74 Å². The summed E-state index contributed by atoms with van der Waals surface area (Å²) in [4.78, 5) is 2.57. The van der Waals surface area contributed by atoms with Crippen LogP contribution in [0.3, 0.4) is 0 Å². The van der Waals surface area contributed by atoms with Gasteiger partial charge in [-0.1, -0.05) is 13.8 Å². The number of hydrogen-bond donors (Lipinski definition) is 1. The van der Waals surface area contributed by atoms with Crippen molar-refractivity contribution in [2.24, 2.45) is 17.8 Å². The number of hydrogen-bond acceptors (Lipinski definition) is 3. The van der Waals surface area contributed by atoms with Crippen molar-refractivity contribution in [2.45, 2.75) is 78.2 Å². The standard InChI is InChI=1S/C17H33NO2/c1-11-8-12(2)13(3)18(9-11)10-14-15(19)17(6,7)20-16(14,4)5/h11-15,19H,8-10H2,1-7H3. The Morgan fingerprint density at radius 3 is 2.20 bits per heavy atom. The van der Waals surface area contributed by atoms with Crippen molar-refractivity contribution in [3.05, 3.63) is 0 Å². The molecule has 0 aromatic heterocycles. The second kappa shape index (κ2) is 5.26. The van der Waals surface area contributed by atoms with E-state index in [1.54, 1.807) is 0 Å². The van der Waals surface area contributed by atoms with E-state index in [9.17, 15) is 5.11 Å². The van der Waals surface area contributed by atoms with Crippen LogP contribution in [0.25, 0.3) is 0 Å². The minimum Gasteiger partial charge on any atom is -0.390 e. The van der Waals surface area contributed by atoms with Gasteiger partial charge in [-0.2, -0.15) is 0 Å². The molecule has 0 saturated carbocycles. The Balaban J connectivity index is 2.12. The predicted molar refractivity (Wildman–Crippen MR) is 82.7 cm³/mol. The highest BCUT2D eigenvalue weighted by Gasteiger charge is 2.53. The lowest BCUT2D eigenvalue weighted by Crippen LogP contribution is -2.51. The number of rotatable bonds is 2.